The summed E-state index contributed by atoms with van der Waals surface area (Å²) in [5, 5.41) is 7.67. The van der Waals surface area contributed by atoms with Crippen LogP contribution < -0.4 is 15.4 Å². The van der Waals surface area contributed by atoms with E-state index in [0.29, 0.717) is 17.1 Å². The Balaban J connectivity index is 1.80. The van der Waals surface area contributed by atoms with Crippen LogP contribution in [0.4, 0.5) is 11.4 Å². The van der Waals surface area contributed by atoms with Crippen molar-refractivity contribution in [3.05, 3.63) is 72.3 Å². The minimum absolute atomic E-state index is 0.187. The number of amides is 2. The van der Waals surface area contributed by atoms with Gasteiger partial charge in [-0.2, -0.15) is 0 Å². The lowest BCUT2D eigenvalue weighted by atomic mass is 10.0. The lowest BCUT2D eigenvalue weighted by Gasteiger charge is -2.11. The highest BCUT2D eigenvalue weighted by Gasteiger charge is 2.08. The van der Waals surface area contributed by atoms with E-state index in [-0.39, 0.29) is 11.8 Å². The van der Waals surface area contributed by atoms with Gasteiger partial charge in [0.05, 0.1) is 12.8 Å². The molecule has 0 fully saturated rings. The molecule has 0 aliphatic carbocycles. The third-order valence-electron chi connectivity index (χ3n) is 4.02. The molecule has 0 aromatic heterocycles. The van der Waals surface area contributed by atoms with Crippen LogP contribution in [0.1, 0.15) is 12.5 Å². The van der Waals surface area contributed by atoms with Gasteiger partial charge in [0.2, 0.25) is 11.8 Å². The maximum Gasteiger partial charge on any atom is 0.248 e. The van der Waals surface area contributed by atoms with Gasteiger partial charge in [0.15, 0.2) is 0 Å². The Labute approximate surface area is 157 Å². The lowest BCUT2D eigenvalue weighted by molar-refractivity contribution is -0.114. The molecule has 0 heterocycles. The van der Waals surface area contributed by atoms with Crippen LogP contribution in [0.2, 0.25) is 0 Å². The van der Waals surface area contributed by atoms with Gasteiger partial charge in [0.1, 0.15) is 5.75 Å². The number of rotatable bonds is 5. The third-order valence-corrected chi connectivity index (χ3v) is 4.02. The molecule has 0 unspecified atom stereocenters. The van der Waals surface area contributed by atoms with Gasteiger partial charge < -0.3 is 15.4 Å². The minimum Gasteiger partial charge on any atom is -0.495 e. The Morgan fingerprint density at radius 3 is 2.52 bits per heavy atom. The van der Waals surface area contributed by atoms with Crippen molar-refractivity contribution >= 4 is 40.0 Å². The highest BCUT2D eigenvalue weighted by molar-refractivity contribution is 6.04. The summed E-state index contributed by atoms with van der Waals surface area (Å²) in [4.78, 5) is 23.6. The molecule has 0 saturated carbocycles. The van der Waals surface area contributed by atoms with E-state index < -0.39 is 0 Å². The largest absolute Gasteiger partial charge is 0.495 e. The predicted octanol–water partition coefficient (Wildman–Crippen LogP) is 4.46. The summed E-state index contributed by atoms with van der Waals surface area (Å²) in [5.41, 5.74) is 2.02. The number of carbonyl (C=O) groups excluding carboxylic acids is 2. The Morgan fingerprint density at radius 1 is 0.963 bits per heavy atom. The number of carbonyl (C=O) groups is 2. The second-order valence-corrected chi connectivity index (χ2v) is 5.99. The second-order valence-electron chi connectivity index (χ2n) is 5.99. The van der Waals surface area contributed by atoms with Crippen molar-refractivity contribution in [2.45, 2.75) is 6.92 Å². The van der Waals surface area contributed by atoms with Crippen LogP contribution in [-0.4, -0.2) is 18.9 Å². The third kappa shape index (κ3) is 4.52. The fraction of sp³-hybridized carbons (Fsp3) is 0.0909. The number of hydrogen-bond donors (Lipinski definition) is 2. The monoisotopic (exact) mass is 360 g/mol. The molecule has 0 atom stereocenters. The molecule has 2 N–H and O–H groups in total. The summed E-state index contributed by atoms with van der Waals surface area (Å²) < 4.78 is 5.28. The van der Waals surface area contributed by atoms with Crippen molar-refractivity contribution < 1.29 is 14.3 Å². The minimum atomic E-state index is -0.291. The first kappa shape index (κ1) is 18.2. The topological polar surface area (TPSA) is 67.4 Å². The van der Waals surface area contributed by atoms with Gasteiger partial charge in [0.25, 0.3) is 0 Å². The van der Waals surface area contributed by atoms with E-state index in [9.17, 15) is 9.59 Å². The van der Waals surface area contributed by atoms with Gasteiger partial charge in [-0.05, 0) is 40.6 Å². The SMILES string of the molecule is COc1ccc(NC(C)=O)cc1NC(=O)C=Cc1cccc2ccccc12. The molecular formula is C22H20N2O3. The van der Waals surface area contributed by atoms with E-state index in [4.69, 9.17) is 4.74 Å². The molecule has 2 amide bonds. The first-order valence-corrected chi connectivity index (χ1v) is 8.49. The molecule has 0 aliphatic heterocycles. The summed E-state index contributed by atoms with van der Waals surface area (Å²) >= 11 is 0. The van der Waals surface area contributed by atoms with Crippen molar-refractivity contribution in [2.75, 3.05) is 17.7 Å². The molecule has 3 aromatic carbocycles. The van der Waals surface area contributed by atoms with E-state index in [2.05, 4.69) is 10.6 Å². The molecule has 3 aromatic rings. The molecule has 0 radical (unpaired) electrons. The van der Waals surface area contributed by atoms with Crippen LogP contribution in [0.15, 0.2) is 66.7 Å². The molecular weight excluding hydrogens is 340 g/mol. The zero-order chi connectivity index (χ0) is 19.2. The van der Waals surface area contributed by atoms with Gasteiger partial charge in [-0.25, -0.2) is 0 Å². The van der Waals surface area contributed by atoms with E-state index >= 15 is 0 Å². The van der Waals surface area contributed by atoms with Crippen molar-refractivity contribution in [1.82, 2.24) is 0 Å². The quantitative estimate of drug-likeness (QED) is 0.660. The summed E-state index contributed by atoms with van der Waals surface area (Å²) in [5.74, 6) is 0.0329. The maximum absolute atomic E-state index is 12.4. The zero-order valence-electron chi connectivity index (χ0n) is 15.2. The Bertz CT molecular complexity index is 1020. The van der Waals surface area contributed by atoms with Gasteiger partial charge in [0, 0.05) is 18.7 Å². The van der Waals surface area contributed by atoms with Crippen molar-refractivity contribution in [1.29, 1.82) is 0 Å². The number of methoxy groups -OCH3 is 1. The van der Waals surface area contributed by atoms with Crippen LogP contribution >= 0.6 is 0 Å². The van der Waals surface area contributed by atoms with Crippen molar-refractivity contribution in [3.8, 4) is 5.75 Å². The fourth-order valence-electron chi connectivity index (χ4n) is 2.82. The van der Waals surface area contributed by atoms with Gasteiger partial charge in [-0.1, -0.05) is 42.5 Å². The van der Waals surface area contributed by atoms with Crippen molar-refractivity contribution in [3.63, 3.8) is 0 Å². The number of nitrogens with one attached hydrogen (secondary N) is 2. The standard InChI is InChI=1S/C22H20N2O3/c1-15(25)23-18-11-12-21(27-2)20(14-18)24-22(26)13-10-17-8-5-7-16-6-3-4-9-19(16)17/h3-14H,1-2H3,(H,23,25)(H,24,26). The molecule has 3 rings (SSSR count). The second kappa shape index (κ2) is 8.19. The van der Waals surface area contributed by atoms with Crippen molar-refractivity contribution in [2.24, 2.45) is 0 Å². The molecule has 0 spiro atoms. The molecule has 5 nitrogen and oxygen atoms in total. The van der Waals surface area contributed by atoms with Crippen LogP contribution in [0.5, 0.6) is 5.75 Å². The van der Waals surface area contributed by atoms with Gasteiger partial charge in [-0.15, -0.1) is 0 Å². The fourth-order valence-corrected chi connectivity index (χ4v) is 2.82. The van der Waals surface area contributed by atoms with Crippen LogP contribution in [0.3, 0.4) is 0 Å². The highest BCUT2D eigenvalue weighted by atomic mass is 16.5. The molecule has 5 heteroatoms. The Morgan fingerprint density at radius 2 is 1.74 bits per heavy atom. The highest BCUT2D eigenvalue weighted by Crippen LogP contribution is 2.28. The number of hydrogen-bond acceptors (Lipinski definition) is 3. The van der Waals surface area contributed by atoms with Crippen LogP contribution in [0, 0.1) is 0 Å². The normalized spacial score (nSPS) is 10.7. The molecule has 0 bridgehead atoms. The number of fused-ring (bicyclic) bond motifs is 1. The number of benzene rings is 3. The average Bonchev–Trinajstić information content (AvgIpc) is 2.66. The molecule has 0 aliphatic rings. The molecule has 136 valence electrons. The van der Waals surface area contributed by atoms with Crippen LogP contribution in [-0.2, 0) is 9.59 Å². The molecule has 0 saturated heterocycles. The summed E-state index contributed by atoms with van der Waals surface area (Å²) in [7, 11) is 1.52. The number of ether oxygens (including phenoxy) is 1. The first-order chi connectivity index (χ1) is 13.1. The van der Waals surface area contributed by atoms with Crippen LogP contribution in [0.25, 0.3) is 16.8 Å². The zero-order valence-corrected chi connectivity index (χ0v) is 15.2. The Hall–Kier alpha value is -3.60. The van der Waals surface area contributed by atoms with E-state index in [1.807, 2.05) is 42.5 Å². The lowest BCUT2D eigenvalue weighted by Crippen LogP contribution is -2.10. The van der Waals surface area contributed by atoms with E-state index in [1.165, 1.54) is 20.1 Å². The van der Waals surface area contributed by atoms with Gasteiger partial charge in [-0.3, -0.25) is 9.59 Å². The maximum atomic E-state index is 12.4. The average molecular weight is 360 g/mol. The predicted molar refractivity (Wildman–Crippen MR) is 109 cm³/mol. The summed E-state index contributed by atoms with van der Waals surface area (Å²) in [6.07, 6.45) is 3.26. The first-order valence-electron chi connectivity index (χ1n) is 8.49. The Kier molecular flexibility index (Phi) is 5.52. The summed E-state index contributed by atoms with van der Waals surface area (Å²) in [6.45, 7) is 1.43. The smallest absolute Gasteiger partial charge is 0.248 e. The summed E-state index contributed by atoms with van der Waals surface area (Å²) in [6, 6.07) is 19.0. The van der Waals surface area contributed by atoms with E-state index in [1.54, 1.807) is 24.3 Å². The van der Waals surface area contributed by atoms with E-state index in [0.717, 1.165) is 16.3 Å². The molecule has 27 heavy (non-hydrogen) atoms. The van der Waals surface area contributed by atoms with Gasteiger partial charge >= 0.3 is 0 Å². The number of anilines is 2.